The molecule has 2 aromatic carbocycles. The van der Waals surface area contributed by atoms with Crippen molar-refractivity contribution in [1.29, 1.82) is 0 Å². The van der Waals surface area contributed by atoms with Crippen LogP contribution in [0, 0.1) is 0 Å². The fourth-order valence-electron chi connectivity index (χ4n) is 1.49. The second-order valence-electron chi connectivity index (χ2n) is 4.02. The Balaban J connectivity index is 2.25. The summed E-state index contributed by atoms with van der Waals surface area (Å²) in [7, 11) is -3.98. The second kappa shape index (κ2) is 6.23. The van der Waals surface area contributed by atoms with E-state index < -0.39 is 15.9 Å². The number of benzene rings is 2. The molecule has 0 spiro atoms. The standard InChI is InChI=1S/C13H8Cl3NO3S/c14-9-2-4-10(5-3-9)21(19,20)17-13(18)8-1-6-11(15)12(16)7-8/h1-7H,(H,17,18). The van der Waals surface area contributed by atoms with Crippen molar-refractivity contribution in [2.75, 3.05) is 0 Å². The summed E-state index contributed by atoms with van der Waals surface area (Å²) in [5, 5.41) is 0.826. The molecule has 2 aromatic rings. The van der Waals surface area contributed by atoms with E-state index in [0.29, 0.717) is 5.02 Å². The third-order valence-electron chi connectivity index (χ3n) is 2.53. The number of rotatable bonds is 3. The monoisotopic (exact) mass is 363 g/mol. The highest BCUT2D eigenvalue weighted by atomic mass is 35.5. The van der Waals surface area contributed by atoms with Gasteiger partial charge in [0, 0.05) is 10.6 Å². The van der Waals surface area contributed by atoms with Gasteiger partial charge in [-0.25, -0.2) is 13.1 Å². The number of carbonyl (C=O) groups excluding carboxylic acids is 1. The zero-order chi connectivity index (χ0) is 15.6. The van der Waals surface area contributed by atoms with Gasteiger partial charge in [-0.15, -0.1) is 0 Å². The molecule has 0 saturated carbocycles. The van der Waals surface area contributed by atoms with Gasteiger partial charge in [0.2, 0.25) is 0 Å². The van der Waals surface area contributed by atoms with Crippen LogP contribution in [0.5, 0.6) is 0 Å². The van der Waals surface area contributed by atoms with Gasteiger partial charge in [-0.3, -0.25) is 4.79 Å². The lowest BCUT2D eigenvalue weighted by Crippen LogP contribution is -2.30. The molecule has 0 fully saturated rings. The minimum Gasteiger partial charge on any atom is -0.268 e. The molecular weight excluding hydrogens is 357 g/mol. The average molecular weight is 365 g/mol. The first kappa shape index (κ1) is 16.1. The highest BCUT2D eigenvalue weighted by Crippen LogP contribution is 2.23. The molecule has 1 amide bonds. The summed E-state index contributed by atoms with van der Waals surface area (Å²) in [6.07, 6.45) is 0. The van der Waals surface area contributed by atoms with Crippen molar-refractivity contribution in [1.82, 2.24) is 4.72 Å². The molecule has 0 aliphatic carbocycles. The molecule has 0 aliphatic rings. The van der Waals surface area contributed by atoms with Gasteiger partial charge in [0.25, 0.3) is 15.9 Å². The Kier molecular flexibility index (Phi) is 4.78. The van der Waals surface area contributed by atoms with Crippen molar-refractivity contribution >= 4 is 50.7 Å². The largest absolute Gasteiger partial charge is 0.268 e. The van der Waals surface area contributed by atoms with Crippen molar-refractivity contribution in [3.05, 3.63) is 63.1 Å². The Hall–Kier alpha value is -1.27. The molecule has 0 bridgehead atoms. The number of sulfonamides is 1. The molecule has 0 radical (unpaired) electrons. The Morgan fingerprint density at radius 2 is 1.52 bits per heavy atom. The van der Waals surface area contributed by atoms with Crippen LogP contribution in [0.1, 0.15) is 10.4 Å². The van der Waals surface area contributed by atoms with Crippen molar-refractivity contribution in [2.45, 2.75) is 4.90 Å². The summed E-state index contributed by atoms with van der Waals surface area (Å²) in [6, 6.07) is 9.50. The van der Waals surface area contributed by atoms with Crippen LogP contribution in [-0.2, 0) is 10.0 Å². The Labute approximate surface area is 136 Å². The van der Waals surface area contributed by atoms with E-state index in [4.69, 9.17) is 34.8 Å². The predicted molar refractivity (Wildman–Crippen MR) is 82.6 cm³/mol. The Bertz CT molecular complexity index is 789. The van der Waals surface area contributed by atoms with E-state index in [2.05, 4.69) is 0 Å². The SMILES string of the molecule is O=C(NS(=O)(=O)c1ccc(Cl)cc1)c1ccc(Cl)c(Cl)c1. The predicted octanol–water partition coefficient (Wildman–Crippen LogP) is 3.77. The lowest BCUT2D eigenvalue weighted by Gasteiger charge is -2.07. The Morgan fingerprint density at radius 1 is 0.905 bits per heavy atom. The van der Waals surface area contributed by atoms with E-state index in [1.54, 1.807) is 0 Å². The molecule has 0 aliphatic heterocycles. The number of amides is 1. The topological polar surface area (TPSA) is 63.2 Å². The van der Waals surface area contributed by atoms with E-state index >= 15 is 0 Å². The van der Waals surface area contributed by atoms with Gasteiger partial charge in [-0.1, -0.05) is 34.8 Å². The van der Waals surface area contributed by atoms with Crippen LogP contribution in [0.15, 0.2) is 47.4 Å². The van der Waals surface area contributed by atoms with E-state index in [1.807, 2.05) is 4.72 Å². The van der Waals surface area contributed by atoms with Crippen LogP contribution in [0.4, 0.5) is 0 Å². The summed E-state index contributed by atoms with van der Waals surface area (Å²) in [6.45, 7) is 0. The first-order chi connectivity index (χ1) is 9.79. The van der Waals surface area contributed by atoms with E-state index in [-0.39, 0.29) is 20.5 Å². The molecule has 0 atom stereocenters. The van der Waals surface area contributed by atoms with Crippen LogP contribution in [0.3, 0.4) is 0 Å². The molecule has 4 nitrogen and oxygen atoms in total. The molecule has 1 N–H and O–H groups in total. The summed E-state index contributed by atoms with van der Waals surface area (Å²) in [5.41, 5.74) is 0.0851. The highest BCUT2D eigenvalue weighted by Gasteiger charge is 2.19. The third kappa shape index (κ3) is 3.89. The summed E-state index contributed by atoms with van der Waals surface area (Å²) >= 11 is 17.2. The van der Waals surface area contributed by atoms with E-state index in [1.165, 1.54) is 42.5 Å². The highest BCUT2D eigenvalue weighted by molar-refractivity contribution is 7.90. The number of halogens is 3. The Morgan fingerprint density at radius 3 is 2.10 bits per heavy atom. The van der Waals surface area contributed by atoms with Crippen molar-refractivity contribution in [3.63, 3.8) is 0 Å². The van der Waals surface area contributed by atoms with Gasteiger partial charge >= 0.3 is 0 Å². The molecule has 21 heavy (non-hydrogen) atoms. The van der Waals surface area contributed by atoms with Crippen molar-refractivity contribution in [3.8, 4) is 0 Å². The maximum Gasteiger partial charge on any atom is 0.265 e. The van der Waals surface area contributed by atoms with Crippen LogP contribution in [0.25, 0.3) is 0 Å². The van der Waals surface area contributed by atoms with Gasteiger partial charge in [0.05, 0.1) is 14.9 Å². The molecular formula is C13H8Cl3NO3S. The van der Waals surface area contributed by atoms with Gasteiger partial charge < -0.3 is 0 Å². The molecule has 0 aromatic heterocycles. The summed E-state index contributed by atoms with van der Waals surface area (Å²) in [4.78, 5) is 11.9. The quantitative estimate of drug-likeness (QED) is 0.902. The van der Waals surface area contributed by atoms with E-state index in [9.17, 15) is 13.2 Å². The van der Waals surface area contributed by atoms with E-state index in [0.717, 1.165) is 0 Å². The van der Waals surface area contributed by atoms with Crippen molar-refractivity contribution < 1.29 is 13.2 Å². The zero-order valence-corrected chi connectivity index (χ0v) is 13.4. The zero-order valence-electron chi connectivity index (χ0n) is 10.3. The van der Waals surface area contributed by atoms with Gasteiger partial charge in [0.1, 0.15) is 0 Å². The summed E-state index contributed by atoms with van der Waals surface area (Å²) < 4.78 is 26.0. The molecule has 8 heteroatoms. The lowest BCUT2D eigenvalue weighted by atomic mass is 10.2. The van der Waals surface area contributed by atoms with Crippen LogP contribution in [0.2, 0.25) is 15.1 Å². The average Bonchev–Trinajstić information content (AvgIpc) is 2.41. The fourth-order valence-corrected chi connectivity index (χ4v) is 2.89. The maximum atomic E-state index is 12.0. The molecule has 0 heterocycles. The second-order valence-corrected chi connectivity index (χ2v) is 6.95. The third-order valence-corrected chi connectivity index (χ3v) is 4.87. The first-order valence-electron chi connectivity index (χ1n) is 5.57. The number of hydrogen-bond donors (Lipinski definition) is 1. The number of carbonyl (C=O) groups is 1. The van der Waals surface area contributed by atoms with Crippen LogP contribution < -0.4 is 4.72 Å². The number of hydrogen-bond acceptors (Lipinski definition) is 3. The van der Waals surface area contributed by atoms with Crippen LogP contribution in [-0.4, -0.2) is 14.3 Å². The van der Waals surface area contributed by atoms with Gasteiger partial charge in [0.15, 0.2) is 0 Å². The normalized spacial score (nSPS) is 11.2. The minimum absolute atomic E-state index is 0.0692. The van der Waals surface area contributed by atoms with Crippen molar-refractivity contribution in [2.24, 2.45) is 0 Å². The summed E-state index contributed by atoms with van der Waals surface area (Å²) in [5.74, 6) is -0.802. The lowest BCUT2D eigenvalue weighted by molar-refractivity contribution is 0.0981. The smallest absolute Gasteiger partial charge is 0.265 e. The maximum absolute atomic E-state index is 12.0. The van der Waals surface area contributed by atoms with Gasteiger partial charge in [-0.2, -0.15) is 0 Å². The number of nitrogens with one attached hydrogen (secondary N) is 1. The molecule has 0 unspecified atom stereocenters. The minimum atomic E-state index is -3.98. The first-order valence-corrected chi connectivity index (χ1v) is 8.19. The molecule has 2 rings (SSSR count). The molecule has 0 saturated heterocycles. The van der Waals surface area contributed by atoms with Gasteiger partial charge in [-0.05, 0) is 42.5 Å². The fraction of sp³-hybridized carbons (Fsp3) is 0. The van der Waals surface area contributed by atoms with Crippen LogP contribution >= 0.6 is 34.8 Å². The molecule has 110 valence electrons.